The second-order valence-electron chi connectivity index (χ2n) is 7.27. The number of sulfonamides is 1. The molecule has 3 rings (SSSR count). The highest BCUT2D eigenvalue weighted by Gasteiger charge is 2.24. The van der Waals surface area contributed by atoms with Crippen molar-refractivity contribution in [2.45, 2.75) is 51.0 Å². The van der Waals surface area contributed by atoms with Gasteiger partial charge in [0.05, 0.1) is 11.9 Å². The van der Waals surface area contributed by atoms with Crippen LogP contribution in [0.3, 0.4) is 0 Å². The summed E-state index contributed by atoms with van der Waals surface area (Å²) in [6.45, 7) is 0.391. The molecule has 1 aliphatic heterocycles. The molecule has 2 aliphatic rings. The van der Waals surface area contributed by atoms with Gasteiger partial charge in [0, 0.05) is 32.1 Å². The zero-order valence-corrected chi connectivity index (χ0v) is 16.8. The van der Waals surface area contributed by atoms with E-state index in [9.17, 15) is 13.2 Å². The molecule has 8 heteroatoms. The molecule has 0 atom stereocenters. The van der Waals surface area contributed by atoms with Crippen molar-refractivity contribution in [1.82, 2.24) is 4.90 Å². The van der Waals surface area contributed by atoms with Crippen LogP contribution in [-0.2, 0) is 14.8 Å². The van der Waals surface area contributed by atoms with E-state index in [2.05, 4.69) is 0 Å². The van der Waals surface area contributed by atoms with Gasteiger partial charge in [0.15, 0.2) is 11.5 Å². The molecule has 7 nitrogen and oxygen atoms in total. The lowest BCUT2D eigenvalue weighted by Crippen LogP contribution is -2.38. The summed E-state index contributed by atoms with van der Waals surface area (Å²) in [6.07, 6.45) is 7.71. The molecule has 1 amide bonds. The third kappa shape index (κ3) is 4.86. The van der Waals surface area contributed by atoms with Gasteiger partial charge in [-0.05, 0) is 31.4 Å². The van der Waals surface area contributed by atoms with Crippen molar-refractivity contribution < 1.29 is 22.7 Å². The van der Waals surface area contributed by atoms with Crippen LogP contribution >= 0.6 is 0 Å². The van der Waals surface area contributed by atoms with Gasteiger partial charge >= 0.3 is 0 Å². The second-order valence-corrected chi connectivity index (χ2v) is 9.18. The third-order valence-corrected chi connectivity index (χ3v) is 6.51. The van der Waals surface area contributed by atoms with Crippen molar-refractivity contribution in [3.8, 4) is 11.5 Å². The van der Waals surface area contributed by atoms with Crippen LogP contribution in [0.2, 0.25) is 0 Å². The summed E-state index contributed by atoms with van der Waals surface area (Å²) in [5, 5.41) is 0. The Hall–Kier alpha value is -1.96. The quantitative estimate of drug-likeness (QED) is 0.708. The smallest absolute Gasteiger partial charge is 0.232 e. The van der Waals surface area contributed by atoms with E-state index >= 15 is 0 Å². The Balaban J connectivity index is 1.60. The predicted octanol–water partition coefficient (Wildman–Crippen LogP) is 2.75. The van der Waals surface area contributed by atoms with Gasteiger partial charge in [-0.15, -0.1) is 0 Å². The average molecular weight is 397 g/mol. The molecule has 1 aromatic carbocycles. The average Bonchev–Trinajstić information content (AvgIpc) is 3.11. The number of ether oxygens (including phenoxy) is 2. The fourth-order valence-corrected chi connectivity index (χ4v) is 4.71. The molecular formula is C19H28N2O5S. The maximum absolute atomic E-state index is 12.5. The third-order valence-electron chi connectivity index (χ3n) is 5.31. The van der Waals surface area contributed by atoms with Gasteiger partial charge in [-0.2, -0.15) is 0 Å². The predicted molar refractivity (Wildman–Crippen MR) is 104 cm³/mol. The molecule has 0 bridgehead atoms. The van der Waals surface area contributed by atoms with Crippen LogP contribution in [0.15, 0.2) is 18.2 Å². The van der Waals surface area contributed by atoms with E-state index < -0.39 is 10.0 Å². The first-order valence-corrected chi connectivity index (χ1v) is 11.3. The lowest BCUT2D eigenvalue weighted by atomic mass is 9.94. The van der Waals surface area contributed by atoms with Crippen molar-refractivity contribution in [3.05, 3.63) is 18.2 Å². The van der Waals surface area contributed by atoms with Crippen LogP contribution in [-0.4, -0.2) is 51.9 Å². The fraction of sp³-hybridized carbons (Fsp3) is 0.632. The number of nitrogens with zero attached hydrogens (tertiary/aromatic N) is 2. The lowest BCUT2D eigenvalue weighted by molar-refractivity contribution is -0.132. The highest BCUT2D eigenvalue weighted by atomic mass is 32.2. The number of benzene rings is 1. The molecule has 1 aromatic rings. The summed E-state index contributed by atoms with van der Waals surface area (Å²) in [6, 6.07) is 5.40. The van der Waals surface area contributed by atoms with Gasteiger partial charge in [-0.3, -0.25) is 9.10 Å². The number of carbonyl (C=O) groups is 1. The van der Waals surface area contributed by atoms with Crippen molar-refractivity contribution in [2.24, 2.45) is 0 Å². The van der Waals surface area contributed by atoms with Gasteiger partial charge in [0.1, 0.15) is 0 Å². The Morgan fingerprint density at radius 1 is 1.15 bits per heavy atom. The molecule has 1 saturated carbocycles. The van der Waals surface area contributed by atoms with E-state index in [4.69, 9.17) is 9.47 Å². The van der Waals surface area contributed by atoms with Crippen LogP contribution in [0.4, 0.5) is 5.69 Å². The lowest BCUT2D eigenvalue weighted by Gasteiger charge is -2.31. The molecule has 0 aromatic heterocycles. The van der Waals surface area contributed by atoms with E-state index in [0.29, 0.717) is 36.1 Å². The number of anilines is 1. The van der Waals surface area contributed by atoms with E-state index in [1.54, 1.807) is 18.2 Å². The molecule has 1 fully saturated rings. The van der Waals surface area contributed by atoms with E-state index in [1.807, 2.05) is 11.9 Å². The van der Waals surface area contributed by atoms with Crippen LogP contribution in [0.25, 0.3) is 0 Å². The Morgan fingerprint density at radius 3 is 2.56 bits per heavy atom. The van der Waals surface area contributed by atoms with Crippen molar-refractivity contribution in [2.75, 3.05) is 30.9 Å². The Morgan fingerprint density at radius 2 is 1.85 bits per heavy atom. The Bertz CT molecular complexity index is 774. The second kappa shape index (κ2) is 8.37. The Labute approximate surface area is 161 Å². The van der Waals surface area contributed by atoms with E-state index in [-0.39, 0.29) is 19.2 Å². The molecule has 0 unspecified atom stereocenters. The number of fused-ring (bicyclic) bond motifs is 1. The molecule has 0 N–H and O–H groups in total. The van der Waals surface area contributed by atoms with Crippen LogP contribution < -0.4 is 13.8 Å². The van der Waals surface area contributed by atoms with Crippen molar-refractivity contribution in [3.63, 3.8) is 0 Å². The molecule has 0 radical (unpaired) electrons. The molecule has 1 aliphatic carbocycles. The summed E-state index contributed by atoms with van der Waals surface area (Å²) in [5.74, 6) is 1.23. The van der Waals surface area contributed by atoms with Crippen LogP contribution in [0, 0.1) is 0 Å². The minimum Gasteiger partial charge on any atom is -0.454 e. The number of amides is 1. The van der Waals surface area contributed by atoms with Crippen molar-refractivity contribution >= 4 is 21.6 Å². The zero-order chi connectivity index (χ0) is 19.4. The molecule has 27 heavy (non-hydrogen) atoms. The molecule has 150 valence electrons. The highest BCUT2D eigenvalue weighted by Crippen LogP contribution is 2.36. The monoisotopic (exact) mass is 396 g/mol. The Kier molecular flexibility index (Phi) is 6.14. The molecule has 0 spiro atoms. The topological polar surface area (TPSA) is 76.2 Å². The minimum atomic E-state index is -3.46. The summed E-state index contributed by atoms with van der Waals surface area (Å²) in [7, 11) is -1.60. The first kappa shape index (κ1) is 19.8. The molecule has 1 heterocycles. The summed E-state index contributed by atoms with van der Waals surface area (Å²) in [5.41, 5.74) is 0.523. The van der Waals surface area contributed by atoms with E-state index in [1.165, 1.54) is 29.8 Å². The fourth-order valence-electron chi connectivity index (χ4n) is 3.75. The van der Waals surface area contributed by atoms with Gasteiger partial charge < -0.3 is 14.4 Å². The summed E-state index contributed by atoms with van der Waals surface area (Å²) >= 11 is 0. The van der Waals surface area contributed by atoms with Crippen LogP contribution in [0.5, 0.6) is 11.5 Å². The van der Waals surface area contributed by atoms with Gasteiger partial charge in [-0.1, -0.05) is 19.3 Å². The first-order valence-electron chi connectivity index (χ1n) is 9.49. The molecular weight excluding hydrogens is 368 g/mol. The summed E-state index contributed by atoms with van der Waals surface area (Å²) in [4.78, 5) is 14.3. The van der Waals surface area contributed by atoms with E-state index in [0.717, 1.165) is 12.8 Å². The normalized spacial score (nSPS) is 17.0. The SMILES string of the molecule is CN(C(=O)CCCN(c1ccc2c(c1)OCO2)S(C)(=O)=O)C1CCCCC1. The number of carbonyl (C=O) groups excluding carboxylic acids is 1. The maximum atomic E-state index is 12.5. The number of rotatable bonds is 7. The van der Waals surface area contributed by atoms with Gasteiger partial charge in [0.2, 0.25) is 22.7 Å². The standard InChI is InChI=1S/C19H28N2O5S/c1-20(15-7-4-3-5-8-15)19(22)9-6-12-21(27(2,23)24)16-10-11-17-18(13-16)26-14-25-17/h10-11,13,15H,3-9,12,14H2,1-2H3. The molecule has 0 saturated heterocycles. The van der Waals surface area contributed by atoms with Crippen LogP contribution in [0.1, 0.15) is 44.9 Å². The first-order chi connectivity index (χ1) is 12.9. The van der Waals surface area contributed by atoms with Gasteiger partial charge in [-0.25, -0.2) is 8.42 Å². The van der Waals surface area contributed by atoms with Gasteiger partial charge in [0.25, 0.3) is 0 Å². The minimum absolute atomic E-state index is 0.0843. The number of hydrogen-bond acceptors (Lipinski definition) is 5. The number of hydrogen-bond donors (Lipinski definition) is 0. The van der Waals surface area contributed by atoms with Crippen molar-refractivity contribution in [1.29, 1.82) is 0 Å². The highest BCUT2D eigenvalue weighted by molar-refractivity contribution is 7.92. The zero-order valence-electron chi connectivity index (χ0n) is 16.0. The largest absolute Gasteiger partial charge is 0.454 e. The summed E-state index contributed by atoms with van der Waals surface area (Å²) < 4.78 is 36.4. The maximum Gasteiger partial charge on any atom is 0.232 e.